The van der Waals surface area contributed by atoms with Gasteiger partial charge in [-0.15, -0.1) is 0 Å². The van der Waals surface area contributed by atoms with Crippen molar-refractivity contribution in [2.75, 3.05) is 0 Å². The van der Waals surface area contributed by atoms with Gasteiger partial charge in [-0.1, -0.05) is 36.4 Å². The predicted molar refractivity (Wildman–Crippen MR) is 108 cm³/mol. The Morgan fingerprint density at radius 1 is 1.16 bits per heavy atom. The van der Waals surface area contributed by atoms with Gasteiger partial charge < -0.3 is 20.7 Å². The molecule has 0 aliphatic carbocycles. The van der Waals surface area contributed by atoms with E-state index in [0.717, 1.165) is 11.6 Å². The number of phenols is 1. The maximum Gasteiger partial charge on any atom is 0.338 e. The first kappa shape index (κ1) is 22.0. The average molecular weight is 426 g/mol. The number of nitrogens with two attached hydrogens (primary N) is 1. The monoisotopic (exact) mass is 426 g/mol. The minimum absolute atomic E-state index is 0.0188. The normalized spacial score (nSPS) is 17.3. The molecule has 4 N–H and O–H groups in total. The van der Waals surface area contributed by atoms with Gasteiger partial charge >= 0.3 is 11.9 Å². The maximum absolute atomic E-state index is 12.7. The third-order valence-electron chi connectivity index (χ3n) is 5.03. The zero-order valence-electron chi connectivity index (χ0n) is 16.6. The molecule has 9 nitrogen and oxygen atoms in total. The molecule has 1 saturated heterocycles. The largest absolute Gasteiger partial charge is 0.508 e. The SMILES string of the molecule is NC1CCC(=O)N(C(Cc2ccc(O)cc2C(=O)OCc2ccccc2)C(=O)O)C1=O. The molecule has 2 aromatic rings. The van der Waals surface area contributed by atoms with Crippen LogP contribution in [0, 0.1) is 0 Å². The summed E-state index contributed by atoms with van der Waals surface area (Å²) in [5.74, 6) is -3.80. The second-order valence-corrected chi connectivity index (χ2v) is 7.21. The van der Waals surface area contributed by atoms with Gasteiger partial charge in [0.1, 0.15) is 18.4 Å². The predicted octanol–water partition coefficient (Wildman–Crippen LogP) is 1.22. The fraction of sp³-hybridized carbons (Fsp3) is 0.273. The van der Waals surface area contributed by atoms with Crippen molar-refractivity contribution < 1.29 is 34.1 Å². The van der Waals surface area contributed by atoms with Gasteiger partial charge in [-0.3, -0.25) is 14.5 Å². The lowest BCUT2D eigenvalue weighted by Crippen LogP contribution is -2.58. The van der Waals surface area contributed by atoms with E-state index in [9.17, 15) is 29.4 Å². The van der Waals surface area contributed by atoms with Crippen LogP contribution < -0.4 is 5.73 Å². The number of aliphatic carboxylic acids is 1. The Kier molecular flexibility index (Phi) is 6.66. The van der Waals surface area contributed by atoms with E-state index < -0.39 is 35.8 Å². The second kappa shape index (κ2) is 9.40. The van der Waals surface area contributed by atoms with Crippen molar-refractivity contribution in [2.45, 2.75) is 38.0 Å². The molecule has 0 bridgehead atoms. The highest BCUT2D eigenvalue weighted by molar-refractivity contribution is 6.03. The van der Waals surface area contributed by atoms with E-state index in [1.165, 1.54) is 12.1 Å². The maximum atomic E-state index is 12.7. The van der Waals surface area contributed by atoms with Gasteiger partial charge in [-0.05, 0) is 29.7 Å². The molecule has 1 fully saturated rings. The Balaban J connectivity index is 1.85. The third kappa shape index (κ3) is 5.07. The number of carbonyl (C=O) groups is 4. The van der Waals surface area contributed by atoms with E-state index in [1.54, 1.807) is 24.3 Å². The molecule has 1 heterocycles. The lowest BCUT2D eigenvalue weighted by molar-refractivity contribution is -0.161. The Morgan fingerprint density at radius 3 is 2.55 bits per heavy atom. The number of amides is 2. The van der Waals surface area contributed by atoms with Gasteiger partial charge in [0.2, 0.25) is 11.8 Å². The van der Waals surface area contributed by atoms with Crippen molar-refractivity contribution >= 4 is 23.8 Å². The number of hydrogen-bond acceptors (Lipinski definition) is 7. The van der Waals surface area contributed by atoms with Crippen LogP contribution in [-0.4, -0.2) is 50.9 Å². The minimum Gasteiger partial charge on any atom is -0.508 e. The number of rotatable bonds is 7. The van der Waals surface area contributed by atoms with Crippen molar-refractivity contribution in [3.8, 4) is 5.75 Å². The molecular formula is C22H22N2O7. The number of nitrogens with zero attached hydrogens (tertiary/aromatic N) is 1. The number of aromatic hydroxyl groups is 1. The second-order valence-electron chi connectivity index (χ2n) is 7.21. The summed E-state index contributed by atoms with van der Waals surface area (Å²) >= 11 is 0. The van der Waals surface area contributed by atoms with Gasteiger partial charge in [0.15, 0.2) is 0 Å². The lowest BCUT2D eigenvalue weighted by Gasteiger charge is -2.33. The van der Waals surface area contributed by atoms with Crippen LogP contribution in [0.25, 0.3) is 0 Å². The summed E-state index contributed by atoms with van der Waals surface area (Å²) in [6.07, 6.45) is -0.232. The van der Waals surface area contributed by atoms with Crippen LogP contribution in [0.3, 0.4) is 0 Å². The smallest absolute Gasteiger partial charge is 0.338 e. The molecule has 31 heavy (non-hydrogen) atoms. The number of phenolic OH excluding ortho intramolecular Hbond substituents is 1. The lowest BCUT2D eigenvalue weighted by atomic mass is 9.96. The first-order chi connectivity index (χ1) is 14.8. The number of likely N-dealkylation sites (tertiary alicyclic amines) is 1. The van der Waals surface area contributed by atoms with Crippen LogP contribution >= 0.6 is 0 Å². The minimum atomic E-state index is -1.54. The van der Waals surface area contributed by atoms with Crippen LogP contribution in [0.1, 0.15) is 34.3 Å². The summed E-state index contributed by atoms with van der Waals surface area (Å²) in [7, 11) is 0. The standard InChI is InChI=1S/C22H22N2O7/c23-17-8-9-19(26)24(20(17)27)18(21(28)29)10-14-6-7-15(25)11-16(14)22(30)31-12-13-4-2-1-3-5-13/h1-7,11,17-18,25H,8-10,12,23H2,(H,28,29). The van der Waals surface area contributed by atoms with Crippen LogP contribution in [0.2, 0.25) is 0 Å². The number of ether oxygens (including phenoxy) is 1. The molecule has 0 saturated carbocycles. The summed E-state index contributed by atoms with van der Waals surface area (Å²) < 4.78 is 5.29. The number of carboxylic acid groups (broad SMARTS) is 1. The third-order valence-corrected chi connectivity index (χ3v) is 5.03. The zero-order valence-corrected chi connectivity index (χ0v) is 16.6. The molecule has 9 heteroatoms. The van der Waals surface area contributed by atoms with Crippen LogP contribution in [0.15, 0.2) is 48.5 Å². The van der Waals surface area contributed by atoms with Gasteiger partial charge in [0.25, 0.3) is 0 Å². The van der Waals surface area contributed by atoms with E-state index in [0.29, 0.717) is 4.90 Å². The fourth-order valence-electron chi connectivity index (χ4n) is 3.38. The number of hydrogen-bond donors (Lipinski definition) is 3. The van der Waals surface area contributed by atoms with E-state index in [-0.39, 0.29) is 42.7 Å². The number of esters is 1. The molecule has 1 aliphatic heterocycles. The zero-order chi connectivity index (χ0) is 22.5. The molecule has 0 spiro atoms. The molecule has 0 aromatic heterocycles. The first-order valence-corrected chi connectivity index (χ1v) is 9.65. The number of carboxylic acids is 1. The molecule has 1 aliphatic rings. The first-order valence-electron chi connectivity index (χ1n) is 9.65. The average Bonchev–Trinajstić information content (AvgIpc) is 2.75. The highest BCUT2D eigenvalue weighted by atomic mass is 16.5. The van der Waals surface area contributed by atoms with Crippen molar-refractivity contribution in [3.05, 3.63) is 65.2 Å². The molecule has 162 valence electrons. The highest BCUT2D eigenvalue weighted by Crippen LogP contribution is 2.23. The Labute approximate surface area is 178 Å². The van der Waals surface area contributed by atoms with Gasteiger partial charge in [-0.25, -0.2) is 9.59 Å². The van der Waals surface area contributed by atoms with E-state index in [2.05, 4.69) is 0 Å². The fourth-order valence-corrected chi connectivity index (χ4v) is 3.38. The summed E-state index contributed by atoms with van der Waals surface area (Å²) in [5.41, 5.74) is 6.62. The number of benzene rings is 2. The highest BCUT2D eigenvalue weighted by Gasteiger charge is 2.40. The molecule has 2 unspecified atom stereocenters. The molecular weight excluding hydrogens is 404 g/mol. The number of carbonyl (C=O) groups excluding carboxylic acids is 3. The quantitative estimate of drug-likeness (QED) is 0.442. The summed E-state index contributed by atoms with van der Waals surface area (Å²) in [5, 5.41) is 19.5. The molecule has 2 amide bonds. The van der Waals surface area contributed by atoms with E-state index in [1.807, 2.05) is 6.07 Å². The Bertz CT molecular complexity index is 1010. The molecule has 2 aromatic carbocycles. The summed E-state index contributed by atoms with van der Waals surface area (Å²) in [4.78, 5) is 49.9. The van der Waals surface area contributed by atoms with Gasteiger partial charge in [0.05, 0.1) is 11.6 Å². The molecule has 3 rings (SSSR count). The summed E-state index contributed by atoms with van der Waals surface area (Å²) in [6.45, 7) is -0.0188. The number of imide groups is 1. The molecule has 2 atom stereocenters. The van der Waals surface area contributed by atoms with Gasteiger partial charge in [-0.2, -0.15) is 0 Å². The van der Waals surface area contributed by atoms with Gasteiger partial charge in [0, 0.05) is 12.8 Å². The Morgan fingerprint density at radius 2 is 1.87 bits per heavy atom. The van der Waals surface area contributed by atoms with Crippen molar-refractivity contribution in [2.24, 2.45) is 5.73 Å². The van der Waals surface area contributed by atoms with E-state index in [4.69, 9.17) is 10.5 Å². The number of piperidine rings is 1. The topological polar surface area (TPSA) is 147 Å². The van der Waals surface area contributed by atoms with Crippen LogP contribution in [0.4, 0.5) is 0 Å². The molecule has 0 radical (unpaired) electrons. The van der Waals surface area contributed by atoms with Crippen molar-refractivity contribution in [1.29, 1.82) is 0 Å². The van der Waals surface area contributed by atoms with Crippen molar-refractivity contribution in [3.63, 3.8) is 0 Å². The van der Waals surface area contributed by atoms with Crippen LogP contribution in [-0.2, 0) is 32.1 Å². The Hall–Kier alpha value is -3.72. The van der Waals surface area contributed by atoms with E-state index >= 15 is 0 Å². The van der Waals surface area contributed by atoms with Crippen LogP contribution in [0.5, 0.6) is 5.75 Å². The summed E-state index contributed by atoms with van der Waals surface area (Å²) in [6, 6.07) is 10.2. The van der Waals surface area contributed by atoms with Crippen molar-refractivity contribution in [1.82, 2.24) is 4.90 Å².